The molecule has 5 nitrogen and oxygen atoms in total. The largest absolute Gasteiger partial charge is 0.490 e. The van der Waals surface area contributed by atoms with Crippen LogP contribution < -0.4 is 15.4 Å². The first-order chi connectivity index (χ1) is 12.5. The van der Waals surface area contributed by atoms with Gasteiger partial charge < -0.3 is 15.4 Å². The van der Waals surface area contributed by atoms with E-state index in [1.807, 2.05) is 6.07 Å². The molecule has 7 heteroatoms. The molecule has 0 radical (unpaired) electrons. The van der Waals surface area contributed by atoms with Crippen molar-refractivity contribution in [3.05, 3.63) is 58.4 Å². The van der Waals surface area contributed by atoms with E-state index in [1.165, 1.54) is 5.56 Å². The highest BCUT2D eigenvalue weighted by Crippen LogP contribution is 2.22. The summed E-state index contributed by atoms with van der Waals surface area (Å²) in [5, 5.41) is 7.09. The molecule has 0 bridgehead atoms. The number of halogens is 2. The van der Waals surface area contributed by atoms with Crippen molar-refractivity contribution >= 4 is 41.5 Å². The fourth-order valence-corrected chi connectivity index (χ4v) is 2.43. The van der Waals surface area contributed by atoms with E-state index in [1.54, 1.807) is 19.3 Å². The third-order valence-corrected chi connectivity index (χ3v) is 4.27. The molecule has 1 aromatic heterocycles. The average molecular weight is 503 g/mol. The maximum atomic E-state index is 6.06. The highest BCUT2D eigenvalue weighted by molar-refractivity contribution is 14.0. The Bertz CT molecular complexity index is 737. The molecule has 0 aliphatic carbocycles. The number of hydrogen-bond donors (Lipinski definition) is 2. The van der Waals surface area contributed by atoms with E-state index in [0.717, 1.165) is 29.3 Å². The predicted molar refractivity (Wildman–Crippen MR) is 123 cm³/mol. The molecule has 0 fully saturated rings. The van der Waals surface area contributed by atoms with Crippen LogP contribution in [0.2, 0.25) is 5.15 Å². The number of nitrogens with one attached hydrogen (secondary N) is 2. The Labute approximate surface area is 184 Å². The zero-order chi connectivity index (χ0) is 18.9. The van der Waals surface area contributed by atoms with Gasteiger partial charge in [-0.3, -0.25) is 4.99 Å². The number of aryl methyl sites for hydroxylation is 1. The topological polar surface area (TPSA) is 58.5 Å². The molecule has 0 saturated heterocycles. The van der Waals surface area contributed by atoms with Crippen molar-refractivity contribution in [1.29, 1.82) is 0 Å². The van der Waals surface area contributed by atoms with Gasteiger partial charge in [-0.2, -0.15) is 0 Å². The summed E-state index contributed by atoms with van der Waals surface area (Å²) in [5.74, 6) is 1.64. The number of aliphatic imine (C=N–C) groups is 1. The number of ether oxygens (including phenoxy) is 1. The molecule has 0 aliphatic heterocycles. The second-order valence-corrected chi connectivity index (χ2v) is 6.60. The molecule has 27 heavy (non-hydrogen) atoms. The van der Waals surface area contributed by atoms with E-state index in [2.05, 4.69) is 59.6 Å². The van der Waals surface area contributed by atoms with E-state index in [9.17, 15) is 0 Å². The molecule has 148 valence electrons. The second-order valence-electron chi connectivity index (χ2n) is 6.22. The number of benzene rings is 1. The Morgan fingerprint density at radius 1 is 1.22 bits per heavy atom. The van der Waals surface area contributed by atoms with Crippen LogP contribution in [0.1, 0.15) is 37.0 Å². The normalized spacial score (nSPS) is 12.1. The Morgan fingerprint density at radius 3 is 2.59 bits per heavy atom. The van der Waals surface area contributed by atoms with Gasteiger partial charge in [0.05, 0.1) is 6.10 Å². The number of rotatable bonds is 7. The number of hydrogen-bond acceptors (Lipinski definition) is 3. The van der Waals surface area contributed by atoms with E-state index < -0.39 is 0 Å². The van der Waals surface area contributed by atoms with E-state index in [4.69, 9.17) is 16.3 Å². The second kappa shape index (κ2) is 12.0. The third kappa shape index (κ3) is 7.92. The van der Waals surface area contributed by atoms with Crippen LogP contribution in [-0.4, -0.2) is 24.1 Å². The lowest BCUT2D eigenvalue weighted by Gasteiger charge is -2.18. The van der Waals surface area contributed by atoms with Gasteiger partial charge in [0.15, 0.2) is 5.96 Å². The van der Waals surface area contributed by atoms with Crippen molar-refractivity contribution in [2.75, 3.05) is 7.05 Å². The first kappa shape index (κ1) is 23.5. The lowest BCUT2D eigenvalue weighted by Crippen LogP contribution is -2.36. The number of nitrogens with zero attached hydrogens (tertiary/aromatic N) is 2. The molecule has 2 N–H and O–H groups in total. The summed E-state index contributed by atoms with van der Waals surface area (Å²) < 4.78 is 6.06. The van der Waals surface area contributed by atoms with E-state index >= 15 is 0 Å². The Kier molecular flexibility index (Phi) is 10.5. The molecule has 0 aliphatic rings. The molecule has 1 atom stereocenters. The van der Waals surface area contributed by atoms with Gasteiger partial charge in [-0.25, -0.2) is 4.98 Å². The molecular formula is C20H28ClIN4O. The fraction of sp³-hybridized carbons (Fsp3) is 0.400. The Balaban J connectivity index is 0.00000364. The lowest BCUT2D eigenvalue weighted by molar-refractivity contribution is 0.215. The van der Waals surface area contributed by atoms with Crippen LogP contribution in [0.15, 0.2) is 41.5 Å². The van der Waals surface area contributed by atoms with Gasteiger partial charge in [0.25, 0.3) is 0 Å². The van der Waals surface area contributed by atoms with Crippen molar-refractivity contribution < 1.29 is 4.74 Å². The molecule has 1 heterocycles. The van der Waals surface area contributed by atoms with Crippen molar-refractivity contribution in [2.45, 2.75) is 46.4 Å². The smallest absolute Gasteiger partial charge is 0.191 e. The van der Waals surface area contributed by atoms with Crippen molar-refractivity contribution in [2.24, 2.45) is 4.99 Å². The minimum atomic E-state index is 0. The zero-order valence-corrected chi connectivity index (χ0v) is 19.3. The summed E-state index contributed by atoms with van der Waals surface area (Å²) in [4.78, 5) is 8.35. The SMILES string of the molecule is CCC(C)Oc1cc(C)ccc1CNC(=NC)NCc1ccc(Cl)nc1.I. The van der Waals surface area contributed by atoms with Crippen LogP contribution >= 0.6 is 35.6 Å². The fourth-order valence-electron chi connectivity index (χ4n) is 2.31. The summed E-state index contributed by atoms with van der Waals surface area (Å²) >= 11 is 5.81. The van der Waals surface area contributed by atoms with Crippen LogP contribution in [0.3, 0.4) is 0 Å². The summed E-state index contributed by atoms with van der Waals surface area (Å²) in [5.41, 5.74) is 3.32. The van der Waals surface area contributed by atoms with Crippen LogP contribution in [0.5, 0.6) is 5.75 Å². The molecule has 2 aromatic rings. The minimum absolute atomic E-state index is 0. The van der Waals surface area contributed by atoms with Gasteiger partial charge in [0.2, 0.25) is 0 Å². The maximum absolute atomic E-state index is 6.06. The van der Waals surface area contributed by atoms with Gasteiger partial charge in [-0.15, -0.1) is 24.0 Å². The standard InChI is InChI=1S/C20H27ClN4O.HI/c1-5-15(3)26-18-10-14(2)6-8-17(18)13-25-20(22-4)24-12-16-7-9-19(21)23-11-16;/h6-11,15H,5,12-13H2,1-4H3,(H2,22,24,25);1H. The molecule has 1 unspecified atom stereocenters. The van der Waals surface area contributed by atoms with Crippen molar-refractivity contribution in [3.8, 4) is 5.75 Å². The van der Waals surface area contributed by atoms with Crippen LogP contribution in [-0.2, 0) is 13.1 Å². The first-order valence-electron chi connectivity index (χ1n) is 8.83. The molecule has 1 aromatic carbocycles. The number of aromatic nitrogens is 1. The highest BCUT2D eigenvalue weighted by atomic mass is 127. The highest BCUT2D eigenvalue weighted by Gasteiger charge is 2.09. The average Bonchev–Trinajstić information content (AvgIpc) is 2.64. The van der Waals surface area contributed by atoms with Crippen LogP contribution in [0.4, 0.5) is 0 Å². The summed E-state index contributed by atoms with van der Waals surface area (Å²) in [6.07, 6.45) is 2.91. The molecule has 0 amide bonds. The Hall–Kier alpha value is -1.54. The van der Waals surface area contributed by atoms with Crippen LogP contribution in [0, 0.1) is 6.92 Å². The lowest BCUT2D eigenvalue weighted by atomic mass is 10.1. The number of guanidine groups is 1. The van der Waals surface area contributed by atoms with Crippen molar-refractivity contribution in [1.82, 2.24) is 15.6 Å². The molecule has 0 spiro atoms. The van der Waals surface area contributed by atoms with Crippen LogP contribution in [0.25, 0.3) is 0 Å². The summed E-state index contributed by atoms with van der Waals surface area (Å²) in [7, 11) is 1.75. The molecule has 0 saturated carbocycles. The number of pyridine rings is 1. The van der Waals surface area contributed by atoms with Gasteiger partial charge in [0.1, 0.15) is 10.9 Å². The summed E-state index contributed by atoms with van der Waals surface area (Å²) in [6.45, 7) is 7.52. The maximum Gasteiger partial charge on any atom is 0.191 e. The minimum Gasteiger partial charge on any atom is -0.490 e. The van der Waals surface area contributed by atoms with E-state index in [0.29, 0.717) is 18.2 Å². The zero-order valence-electron chi connectivity index (χ0n) is 16.3. The molecular weight excluding hydrogens is 475 g/mol. The Morgan fingerprint density at radius 2 is 1.96 bits per heavy atom. The molecule has 2 rings (SSSR count). The van der Waals surface area contributed by atoms with Crippen molar-refractivity contribution in [3.63, 3.8) is 0 Å². The van der Waals surface area contributed by atoms with Gasteiger partial charge in [-0.05, 0) is 43.5 Å². The van der Waals surface area contributed by atoms with Gasteiger partial charge >= 0.3 is 0 Å². The van der Waals surface area contributed by atoms with Gasteiger partial charge in [-0.1, -0.05) is 36.7 Å². The van der Waals surface area contributed by atoms with Gasteiger partial charge in [0, 0.05) is 31.9 Å². The predicted octanol–water partition coefficient (Wildman–Crippen LogP) is 4.70. The van der Waals surface area contributed by atoms with E-state index in [-0.39, 0.29) is 30.1 Å². The quantitative estimate of drug-likeness (QED) is 0.249. The first-order valence-corrected chi connectivity index (χ1v) is 9.20. The third-order valence-electron chi connectivity index (χ3n) is 4.04. The monoisotopic (exact) mass is 502 g/mol. The summed E-state index contributed by atoms with van der Waals surface area (Å²) in [6, 6.07) is 9.98.